The summed E-state index contributed by atoms with van der Waals surface area (Å²) in [6.45, 7) is 5.27. The van der Waals surface area contributed by atoms with Gasteiger partial charge in [0.1, 0.15) is 5.76 Å². The maximum atomic E-state index is 13.6. The number of piperidine rings is 3. The smallest absolute Gasteiger partial charge is 0.276 e. The van der Waals surface area contributed by atoms with Gasteiger partial charge in [0.2, 0.25) is 0 Å². The fraction of sp³-hybridized carbons (Fsp3) is 0.565. The van der Waals surface area contributed by atoms with Crippen LogP contribution in [0.15, 0.2) is 35.1 Å². The number of aryl methyl sites for hydroxylation is 1. The first-order valence-corrected chi connectivity index (χ1v) is 10.8. The van der Waals surface area contributed by atoms with E-state index in [2.05, 4.69) is 46.0 Å². The molecular weight excluding hydrogens is 350 g/mol. The average Bonchev–Trinajstić information content (AvgIpc) is 3.30. The van der Waals surface area contributed by atoms with Gasteiger partial charge in [0, 0.05) is 24.4 Å². The number of hydrogen-bond donors (Lipinski definition) is 0. The topological polar surface area (TPSA) is 49.6 Å². The second-order valence-electron chi connectivity index (χ2n) is 9.17. The molecule has 1 saturated carbocycles. The van der Waals surface area contributed by atoms with Gasteiger partial charge in [-0.2, -0.15) is 0 Å². The van der Waals surface area contributed by atoms with Crippen molar-refractivity contribution >= 4 is 5.91 Å². The van der Waals surface area contributed by atoms with Crippen LogP contribution in [0.25, 0.3) is 0 Å². The van der Waals surface area contributed by atoms with E-state index in [1.165, 1.54) is 43.5 Å². The summed E-state index contributed by atoms with van der Waals surface area (Å²) in [6, 6.07) is 9.68. The Balaban J connectivity index is 1.37. The SMILES string of the molecule is Cc1ccc([C@@H]2CN(C(=O)c3ncoc3C3CC3)[C@@H]3C4CCN(CC4)[C@@H]32)cc1. The van der Waals surface area contributed by atoms with Crippen LogP contribution in [0.5, 0.6) is 0 Å². The summed E-state index contributed by atoms with van der Waals surface area (Å²) in [5, 5.41) is 0. The number of rotatable bonds is 3. The molecular formula is C23H27N3O2. The molecule has 5 nitrogen and oxygen atoms in total. The highest BCUT2D eigenvalue weighted by Crippen LogP contribution is 2.48. The third kappa shape index (κ3) is 2.48. The van der Waals surface area contributed by atoms with Crippen molar-refractivity contribution in [2.45, 2.75) is 56.5 Å². The summed E-state index contributed by atoms with van der Waals surface area (Å²) in [4.78, 5) is 22.8. The zero-order chi connectivity index (χ0) is 18.8. The minimum atomic E-state index is 0.0917. The van der Waals surface area contributed by atoms with Crippen molar-refractivity contribution < 1.29 is 9.21 Å². The Morgan fingerprint density at radius 1 is 1.07 bits per heavy atom. The van der Waals surface area contributed by atoms with Crippen LogP contribution in [-0.2, 0) is 0 Å². The van der Waals surface area contributed by atoms with E-state index in [9.17, 15) is 4.79 Å². The molecule has 0 N–H and O–H groups in total. The number of hydrogen-bond acceptors (Lipinski definition) is 4. The predicted octanol–water partition coefficient (Wildman–Crippen LogP) is 3.56. The highest BCUT2D eigenvalue weighted by Gasteiger charge is 2.55. The molecule has 4 aliphatic heterocycles. The van der Waals surface area contributed by atoms with Gasteiger partial charge in [0.15, 0.2) is 12.1 Å². The average molecular weight is 377 g/mol. The fourth-order valence-corrected chi connectivity index (χ4v) is 5.95. The molecule has 2 aromatic rings. The van der Waals surface area contributed by atoms with Gasteiger partial charge >= 0.3 is 0 Å². The minimum Gasteiger partial charge on any atom is -0.447 e. The van der Waals surface area contributed by atoms with E-state index >= 15 is 0 Å². The quantitative estimate of drug-likeness (QED) is 0.821. The van der Waals surface area contributed by atoms with Gasteiger partial charge in [-0.05, 0) is 57.2 Å². The number of carbonyl (C=O) groups excluding carboxylic acids is 1. The Morgan fingerprint density at radius 2 is 1.82 bits per heavy atom. The molecule has 4 saturated heterocycles. The van der Waals surface area contributed by atoms with Crippen molar-refractivity contribution in [2.75, 3.05) is 19.6 Å². The third-order valence-corrected chi connectivity index (χ3v) is 7.51. The summed E-state index contributed by atoms with van der Waals surface area (Å²) in [5.74, 6) is 2.31. The largest absolute Gasteiger partial charge is 0.447 e. The summed E-state index contributed by atoms with van der Waals surface area (Å²) in [5.41, 5.74) is 3.22. The molecule has 1 aliphatic carbocycles. The van der Waals surface area contributed by atoms with Crippen LogP contribution < -0.4 is 0 Å². The van der Waals surface area contributed by atoms with Gasteiger partial charge in [-0.1, -0.05) is 29.8 Å². The van der Waals surface area contributed by atoms with Gasteiger partial charge in [0.05, 0.1) is 6.04 Å². The summed E-state index contributed by atoms with van der Waals surface area (Å²) >= 11 is 0. The zero-order valence-electron chi connectivity index (χ0n) is 16.4. The van der Waals surface area contributed by atoms with Crippen LogP contribution >= 0.6 is 0 Å². The number of amides is 1. The van der Waals surface area contributed by atoms with Crippen LogP contribution in [-0.4, -0.2) is 52.4 Å². The molecule has 146 valence electrons. The number of aromatic nitrogens is 1. The molecule has 1 aromatic carbocycles. The number of nitrogens with zero attached hydrogens (tertiary/aromatic N) is 3. The molecule has 2 bridgehead atoms. The van der Waals surface area contributed by atoms with Crippen molar-refractivity contribution in [3.05, 3.63) is 53.2 Å². The van der Waals surface area contributed by atoms with Crippen molar-refractivity contribution in [2.24, 2.45) is 5.92 Å². The fourth-order valence-electron chi connectivity index (χ4n) is 5.95. The lowest BCUT2D eigenvalue weighted by molar-refractivity contribution is -0.00362. The van der Waals surface area contributed by atoms with E-state index < -0.39 is 0 Å². The lowest BCUT2D eigenvalue weighted by Crippen LogP contribution is -2.60. The maximum Gasteiger partial charge on any atom is 0.276 e. The Bertz CT molecular complexity index is 893. The van der Waals surface area contributed by atoms with E-state index in [1.54, 1.807) is 0 Å². The van der Waals surface area contributed by atoms with Crippen molar-refractivity contribution in [1.82, 2.24) is 14.8 Å². The van der Waals surface area contributed by atoms with Gasteiger partial charge in [-0.25, -0.2) is 4.98 Å². The minimum absolute atomic E-state index is 0.0917. The maximum absolute atomic E-state index is 13.6. The standard InChI is InChI=1S/C23H27N3O2/c1-14-2-4-15(5-3-14)18-12-26(20-16-8-10-25(11-9-16)21(18)20)23(27)19-22(17-6-7-17)28-13-24-19/h2-5,13,16-18,20-21H,6-12H2,1H3/t18-,20+,21+/m0/s1. The van der Waals surface area contributed by atoms with Gasteiger partial charge in [-0.15, -0.1) is 0 Å². The number of fused-ring (bicyclic) bond motifs is 2. The number of oxazole rings is 1. The lowest BCUT2D eigenvalue weighted by atomic mass is 9.75. The van der Waals surface area contributed by atoms with E-state index in [-0.39, 0.29) is 5.91 Å². The molecule has 1 amide bonds. The second-order valence-corrected chi connectivity index (χ2v) is 9.17. The number of benzene rings is 1. The second kappa shape index (κ2) is 6.18. The number of likely N-dealkylation sites (tertiary alicyclic amines) is 1. The Kier molecular flexibility index (Phi) is 3.70. The Morgan fingerprint density at radius 3 is 2.54 bits per heavy atom. The summed E-state index contributed by atoms with van der Waals surface area (Å²) in [7, 11) is 0. The van der Waals surface area contributed by atoms with Crippen LogP contribution in [0.4, 0.5) is 0 Å². The lowest BCUT2D eigenvalue weighted by Gasteiger charge is -2.51. The molecule has 28 heavy (non-hydrogen) atoms. The van der Waals surface area contributed by atoms with Crippen LogP contribution in [0.3, 0.4) is 0 Å². The van der Waals surface area contributed by atoms with E-state index in [0.29, 0.717) is 35.5 Å². The first kappa shape index (κ1) is 16.8. The number of carbonyl (C=O) groups is 1. The molecule has 1 aromatic heterocycles. The Labute approximate surface area is 165 Å². The molecule has 5 heteroatoms. The highest BCUT2D eigenvalue weighted by atomic mass is 16.3. The van der Waals surface area contributed by atoms with Crippen molar-refractivity contribution in [1.29, 1.82) is 0 Å². The predicted molar refractivity (Wildman–Crippen MR) is 105 cm³/mol. The summed E-state index contributed by atoms with van der Waals surface area (Å²) < 4.78 is 5.62. The van der Waals surface area contributed by atoms with E-state index in [4.69, 9.17) is 4.42 Å². The first-order valence-electron chi connectivity index (χ1n) is 10.8. The van der Waals surface area contributed by atoms with Gasteiger partial charge in [-0.3, -0.25) is 9.69 Å². The first-order chi connectivity index (χ1) is 13.7. The normalized spacial score (nSPS) is 33.9. The molecule has 0 spiro atoms. The monoisotopic (exact) mass is 377 g/mol. The van der Waals surface area contributed by atoms with E-state index in [0.717, 1.165) is 25.1 Å². The van der Waals surface area contributed by atoms with Crippen LogP contribution in [0.1, 0.15) is 64.9 Å². The van der Waals surface area contributed by atoms with Crippen LogP contribution in [0.2, 0.25) is 0 Å². The van der Waals surface area contributed by atoms with Crippen molar-refractivity contribution in [3.8, 4) is 0 Å². The van der Waals surface area contributed by atoms with Gasteiger partial charge in [0.25, 0.3) is 5.91 Å². The molecule has 3 atom stereocenters. The van der Waals surface area contributed by atoms with E-state index in [1.807, 2.05) is 0 Å². The molecule has 7 rings (SSSR count). The highest BCUT2D eigenvalue weighted by molar-refractivity contribution is 5.94. The molecule has 0 radical (unpaired) electrons. The van der Waals surface area contributed by atoms with Gasteiger partial charge < -0.3 is 9.32 Å². The third-order valence-electron chi connectivity index (χ3n) is 7.51. The Hall–Kier alpha value is -2.14. The van der Waals surface area contributed by atoms with Crippen molar-refractivity contribution in [3.63, 3.8) is 0 Å². The molecule has 5 heterocycles. The molecule has 5 aliphatic rings. The molecule has 0 unspecified atom stereocenters. The molecule has 5 fully saturated rings. The van der Waals surface area contributed by atoms with Crippen LogP contribution in [0, 0.1) is 12.8 Å². The summed E-state index contributed by atoms with van der Waals surface area (Å²) in [6.07, 6.45) is 6.11. The zero-order valence-corrected chi connectivity index (χ0v) is 16.4.